The molecular weight excluding hydrogens is 449 g/mol. The molecule has 12 heteroatoms. The van der Waals surface area contributed by atoms with Gasteiger partial charge in [-0.2, -0.15) is 0 Å². The number of rotatable bonds is 4. The lowest BCUT2D eigenvalue weighted by Crippen LogP contribution is -2.41. The Morgan fingerprint density at radius 1 is 1.06 bits per heavy atom. The molecule has 0 radical (unpaired) electrons. The van der Waals surface area contributed by atoms with Crippen molar-refractivity contribution in [2.45, 2.75) is 33.0 Å². The first-order valence-electron chi connectivity index (χ1n) is 10.00. The summed E-state index contributed by atoms with van der Waals surface area (Å²) in [6, 6.07) is 8.44. The van der Waals surface area contributed by atoms with Gasteiger partial charge in [-0.3, -0.25) is 9.69 Å². The summed E-state index contributed by atoms with van der Waals surface area (Å²) in [7, 11) is 1.38. The van der Waals surface area contributed by atoms with Crippen LogP contribution >= 0.6 is 0 Å². The third-order valence-electron chi connectivity index (χ3n) is 4.44. The summed E-state index contributed by atoms with van der Waals surface area (Å²) in [5.41, 5.74) is -1.47. The van der Waals surface area contributed by atoms with Crippen LogP contribution in [-0.2, 0) is 11.3 Å². The first-order valence-corrected chi connectivity index (χ1v) is 10.00. The molecule has 0 aliphatic heterocycles. The normalized spacial score (nSPS) is 11.2. The van der Waals surface area contributed by atoms with Gasteiger partial charge in [0.05, 0.1) is 12.3 Å². The topological polar surface area (TPSA) is 146 Å². The van der Waals surface area contributed by atoms with Crippen molar-refractivity contribution in [3.8, 4) is 0 Å². The van der Waals surface area contributed by atoms with Gasteiger partial charge in [-0.25, -0.2) is 28.9 Å². The van der Waals surface area contributed by atoms with E-state index in [0.717, 1.165) is 11.0 Å². The van der Waals surface area contributed by atoms with E-state index >= 15 is 0 Å². The summed E-state index contributed by atoms with van der Waals surface area (Å²) in [6.45, 7) is 4.24. The van der Waals surface area contributed by atoms with E-state index < -0.39 is 35.5 Å². The van der Waals surface area contributed by atoms with E-state index in [0.29, 0.717) is 5.69 Å². The van der Waals surface area contributed by atoms with E-state index in [9.17, 15) is 29.0 Å². The van der Waals surface area contributed by atoms with Gasteiger partial charge in [0.1, 0.15) is 28.4 Å². The summed E-state index contributed by atoms with van der Waals surface area (Å²) >= 11 is 0. The highest BCUT2D eigenvalue weighted by atomic mass is 19.1. The van der Waals surface area contributed by atoms with Crippen LogP contribution in [0.25, 0.3) is 10.9 Å². The van der Waals surface area contributed by atoms with E-state index in [2.05, 4.69) is 15.0 Å². The highest BCUT2D eigenvalue weighted by Gasteiger charge is 2.33. The molecular formula is C22H22FN5O6. The van der Waals surface area contributed by atoms with Gasteiger partial charge >= 0.3 is 12.2 Å². The standard InChI is InChI=1S/C22H22FN5O6/c1-22(2,3)34-21(33)28(20(31)32)19-25-16-13(8-6-9-14(16)23)17(26-19)18(30)27(4)15-10-5-7-12(11-29)24-15/h5-10,29H,11H2,1-4H3,(H,31,32). The highest BCUT2D eigenvalue weighted by molar-refractivity contribution is 6.13. The van der Waals surface area contributed by atoms with Crippen molar-refractivity contribution in [2.75, 3.05) is 16.8 Å². The van der Waals surface area contributed by atoms with Gasteiger partial charge in [-0.05, 0) is 39.0 Å². The summed E-state index contributed by atoms with van der Waals surface area (Å²) in [5.74, 6) is -2.24. The van der Waals surface area contributed by atoms with Gasteiger partial charge in [-0.1, -0.05) is 18.2 Å². The zero-order chi connectivity index (χ0) is 25.2. The van der Waals surface area contributed by atoms with Crippen LogP contribution in [0.4, 0.5) is 25.7 Å². The van der Waals surface area contributed by atoms with Crippen molar-refractivity contribution < 1.29 is 33.7 Å². The van der Waals surface area contributed by atoms with E-state index in [1.165, 1.54) is 46.0 Å². The van der Waals surface area contributed by atoms with Crippen molar-refractivity contribution in [3.63, 3.8) is 0 Å². The molecule has 3 rings (SSSR count). The molecule has 3 aromatic rings. The maximum atomic E-state index is 14.6. The van der Waals surface area contributed by atoms with Crippen LogP contribution in [0.5, 0.6) is 0 Å². The van der Waals surface area contributed by atoms with Crippen molar-refractivity contribution in [2.24, 2.45) is 0 Å². The number of anilines is 2. The van der Waals surface area contributed by atoms with Crippen LogP contribution in [-0.4, -0.2) is 55.9 Å². The number of aliphatic hydroxyl groups excluding tert-OH is 1. The van der Waals surface area contributed by atoms with Gasteiger partial charge in [0, 0.05) is 12.4 Å². The van der Waals surface area contributed by atoms with E-state index in [4.69, 9.17) is 4.74 Å². The highest BCUT2D eigenvalue weighted by Crippen LogP contribution is 2.25. The molecule has 0 aliphatic rings. The number of carbonyl (C=O) groups is 3. The number of fused-ring (bicyclic) bond motifs is 1. The van der Waals surface area contributed by atoms with Gasteiger partial charge in [-0.15, -0.1) is 4.90 Å². The fourth-order valence-electron chi connectivity index (χ4n) is 2.93. The van der Waals surface area contributed by atoms with Crippen molar-refractivity contribution in [1.82, 2.24) is 15.0 Å². The lowest BCUT2D eigenvalue weighted by atomic mass is 10.1. The predicted octanol–water partition coefficient (Wildman–Crippen LogP) is 3.35. The monoisotopic (exact) mass is 471 g/mol. The second-order valence-corrected chi connectivity index (χ2v) is 8.12. The largest absolute Gasteiger partial charge is 0.464 e. The lowest BCUT2D eigenvalue weighted by molar-refractivity contribution is 0.0579. The maximum absolute atomic E-state index is 14.6. The van der Waals surface area contributed by atoms with Crippen LogP contribution in [0.15, 0.2) is 36.4 Å². The number of para-hydroxylation sites is 1. The molecule has 3 amide bonds. The Hall–Kier alpha value is -4.19. The predicted molar refractivity (Wildman–Crippen MR) is 119 cm³/mol. The SMILES string of the molecule is CN(C(=O)c1nc(N(C(=O)O)C(=O)OC(C)(C)C)nc2c(F)cccc12)c1cccc(CO)n1. The van der Waals surface area contributed by atoms with Gasteiger partial charge in [0.2, 0.25) is 5.95 Å². The third kappa shape index (κ3) is 5.07. The number of halogens is 1. The molecule has 0 saturated heterocycles. The number of nitrogens with zero attached hydrogens (tertiary/aromatic N) is 5. The Morgan fingerprint density at radius 3 is 2.35 bits per heavy atom. The Balaban J connectivity index is 2.18. The maximum Gasteiger partial charge on any atom is 0.427 e. The van der Waals surface area contributed by atoms with E-state index in [1.54, 1.807) is 12.1 Å². The number of benzene rings is 1. The van der Waals surface area contributed by atoms with E-state index in [-0.39, 0.29) is 33.9 Å². The molecule has 0 atom stereocenters. The van der Waals surface area contributed by atoms with Gasteiger partial charge < -0.3 is 14.9 Å². The minimum atomic E-state index is -1.78. The quantitative estimate of drug-likeness (QED) is 0.585. The molecule has 2 N–H and O–H groups in total. The molecule has 0 spiro atoms. The second-order valence-electron chi connectivity index (χ2n) is 8.12. The molecule has 178 valence electrons. The van der Waals surface area contributed by atoms with Crippen LogP contribution in [0.3, 0.4) is 0 Å². The molecule has 1 aromatic carbocycles. The number of hydrogen-bond donors (Lipinski definition) is 2. The molecule has 0 saturated carbocycles. The van der Waals surface area contributed by atoms with Crippen LogP contribution < -0.4 is 9.80 Å². The molecule has 2 heterocycles. The number of pyridine rings is 1. The number of imide groups is 1. The molecule has 34 heavy (non-hydrogen) atoms. The molecule has 0 bridgehead atoms. The fourth-order valence-corrected chi connectivity index (χ4v) is 2.93. The number of aliphatic hydroxyl groups is 1. The molecule has 0 unspecified atom stereocenters. The van der Waals surface area contributed by atoms with Crippen molar-refractivity contribution >= 4 is 40.8 Å². The molecule has 2 aromatic heterocycles. The number of carboxylic acid groups (broad SMARTS) is 1. The first-order chi connectivity index (χ1) is 15.9. The zero-order valence-corrected chi connectivity index (χ0v) is 18.8. The first kappa shape index (κ1) is 24.5. The minimum absolute atomic E-state index is 0.00607. The minimum Gasteiger partial charge on any atom is -0.464 e. The van der Waals surface area contributed by atoms with Crippen molar-refractivity contribution in [1.29, 1.82) is 0 Å². The second kappa shape index (κ2) is 9.35. The number of amides is 3. The smallest absolute Gasteiger partial charge is 0.427 e. The summed E-state index contributed by atoms with van der Waals surface area (Å²) < 4.78 is 19.7. The Kier molecular flexibility index (Phi) is 6.73. The van der Waals surface area contributed by atoms with E-state index in [1.807, 2.05) is 0 Å². The number of hydrogen-bond acceptors (Lipinski definition) is 8. The number of ether oxygens (including phenoxy) is 1. The Morgan fingerprint density at radius 2 is 1.74 bits per heavy atom. The Bertz CT molecular complexity index is 1280. The number of aromatic nitrogens is 3. The Labute approximate surface area is 193 Å². The summed E-state index contributed by atoms with van der Waals surface area (Å²) in [4.78, 5) is 51.0. The van der Waals surface area contributed by atoms with Crippen LogP contribution in [0.2, 0.25) is 0 Å². The lowest BCUT2D eigenvalue weighted by Gasteiger charge is -2.24. The molecule has 11 nitrogen and oxygen atoms in total. The van der Waals surface area contributed by atoms with Gasteiger partial charge in [0.15, 0.2) is 0 Å². The van der Waals surface area contributed by atoms with Crippen molar-refractivity contribution in [3.05, 3.63) is 53.6 Å². The fraction of sp³-hybridized carbons (Fsp3) is 0.273. The number of carbonyl (C=O) groups excluding carboxylic acids is 2. The third-order valence-corrected chi connectivity index (χ3v) is 4.44. The van der Waals surface area contributed by atoms with Crippen LogP contribution in [0, 0.1) is 5.82 Å². The summed E-state index contributed by atoms with van der Waals surface area (Å²) in [5, 5.41) is 18.9. The summed E-state index contributed by atoms with van der Waals surface area (Å²) in [6.07, 6.45) is -3.10. The molecule has 0 fully saturated rings. The average molecular weight is 471 g/mol. The van der Waals surface area contributed by atoms with Gasteiger partial charge in [0.25, 0.3) is 5.91 Å². The zero-order valence-electron chi connectivity index (χ0n) is 18.8. The van der Waals surface area contributed by atoms with Crippen LogP contribution in [0.1, 0.15) is 37.0 Å². The molecule has 0 aliphatic carbocycles. The average Bonchev–Trinajstić information content (AvgIpc) is 2.76.